The molecule has 1 amide bonds. The van der Waals surface area contributed by atoms with Crippen molar-refractivity contribution in [2.45, 2.75) is 0 Å². The summed E-state index contributed by atoms with van der Waals surface area (Å²) in [6.45, 7) is 0. The van der Waals surface area contributed by atoms with Crippen molar-refractivity contribution in [3.63, 3.8) is 0 Å². The van der Waals surface area contributed by atoms with Crippen LogP contribution in [0.5, 0.6) is 0 Å². The SMILES string of the molecule is NNC(=O)c1cn2c(Br)cccc2n1. The minimum absolute atomic E-state index is 0.291. The van der Waals surface area contributed by atoms with E-state index in [0.717, 1.165) is 4.60 Å². The molecule has 0 spiro atoms. The Morgan fingerprint density at radius 2 is 2.36 bits per heavy atom. The molecule has 14 heavy (non-hydrogen) atoms. The lowest BCUT2D eigenvalue weighted by Gasteiger charge is -1.93. The van der Waals surface area contributed by atoms with Crippen LogP contribution in [0.3, 0.4) is 0 Å². The second-order valence-corrected chi connectivity index (χ2v) is 3.49. The Balaban J connectivity index is 2.62. The zero-order valence-corrected chi connectivity index (χ0v) is 8.65. The highest BCUT2D eigenvalue weighted by molar-refractivity contribution is 9.10. The maximum absolute atomic E-state index is 11.2. The van der Waals surface area contributed by atoms with Crippen LogP contribution in [0, 0.1) is 0 Å². The molecule has 6 heteroatoms. The highest BCUT2D eigenvalue weighted by Gasteiger charge is 2.09. The molecule has 0 radical (unpaired) electrons. The van der Waals surface area contributed by atoms with Gasteiger partial charge in [0.05, 0.1) is 4.60 Å². The number of nitrogens with one attached hydrogen (secondary N) is 1. The van der Waals surface area contributed by atoms with Gasteiger partial charge < -0.3 is 0 Å². The fourth-order valence-corrected chi connectivity index (χ4v) is 1.60. The number of hydrogen-bond acceptors (Lipinski definition) is 3. The van der Waals surface area contributed by atoms with E-state index in [0.29, 0.717) is 11.3 Å². The lowest BCUT2D eigenvalue weighted by Crippen LogP contribution is -2.30. The van der Waals surface area contributed by atoms with Gasteiger partial charge >= 0.3 is 0 Å². The van der Waals surface area contributed by atoms with Crippen molar-refractivity contribution in [3.05, 3.63) is 34.7 Å². The maximum Gasteiger partial charge on any atom is 0.285 e. The fourth-order valence-electron chi connectivity index (χ4n) is 1.16. The number of imidazole rings is 1. The van der Waals surface area contributed by atoms with Crippen molar-refractivity contribution in [3.8, 4) is 0 Å². The van der Waals surface area contributed by atoms with E-state index >= 15 is 0 Å². The highest BCUT2D eigenvalue weighted by Crippen LogP contribution is 2.13. The summed E-state index contributed by atoms with van der Waals surface area (Å²) in [5, 5.41) is 0. The zero-order valence-electron chi connectivity index (χ0n) is 7.07. The molecule has 2 aromatic rings. The molecule has 2 heterocycles. The first kappa shape index (κ1) is 9.17. The smallest absolute Gasteiger partial charge is 0.285 e. The van der Waals surface area contributed by atoms with Crippen LogP contribution in [0.4, 0.5) is 0 Å². The Labute approximate surface area is 88.0 Å². The molecule has 0 saturated heterocycles. The van der Waals surface area contributed by atoms with E-state index in [2.05, 4.69) is 20.9 Å². The Kier molecular flexibility index (Phi) is 2.22. The average molecular weight is 255 g/mol. The fraction of sp³-hybridized carbons (Fsp3) is 0. The van der Waals surface area contributed by atoms with E-state index in [9.17, 15) is 4.79 Å². The number of halogens is 1. The number of hydrogen-bond donors (Lipinski definition) is 2. The number of nitrogen functional groups attached to an aromatic ring is 1. The monoisotopic (exact) mass is 254 g/mol. The Morgan fingerprint density at radius 1 is 1.57 bits per heavy atom. The number of nitrogens with zero attached hydrogens (tertiary/aromatic N) is 2. The van der Waals surface area contributed by atoms with Crippen molar-refractivity contribution in [1.29, 1.82) is 0 Å². The van der Waals surface area contributed by atoms with Crippen molar-refractivity contribution in [2.24, 2.45) is 5.84 Å². The molecular weight excluding hydrogens is 248 g/mol. The molecule has 0 fully saturated rings. The highest BCUT2D eigenvalue weighted by atomic mass is 79.9. The number of hydrazine groups is 1. The van der Waals surface area contributed by atoms with Crippen LogP contribution < -0.4 is 11.3 Å². The maximum atomic E-state index is 11.2. The first-order valence-corrected chi connectivity index (χ1v) is 4.66. The summed E-state index contributed by atoms with van der Waals surface area (Å²) in [7, 11) is 0. The predicted molar refractivity (Wildman–Crippen MR) is 54.5 cm³/mol. The van der Waals surface area contributed by atoms with Gasteiger partial charge in [-0.25, -0.2) is 10.8 Å². The topological polar surface area (TPSA) is 72.4 Å². The third-order valence-corrected chi connectivity index (χ3v) is 2.45. The first-order chi connectivity index (χ1) is 6.72. The largest absolute Gasteiger partial charge is 0.293 e. The number of rotatable bonds is 1. The van der Waals surface area contributed by atoms with E-state index in [-0.39, 0.29) is 0 Å². The van der Waals surface area contributed by atoms with Gasteiger partial charge in [-0.15, -0.1) is 0 Å². The van der Waals surface area contributed by atoms with Gasteiger partial charge in [-0.1, -0.05) is 6.07 Å². The van der Waals surface area contributed by atoms with Crippen LogP contribution in [0.1, 0.15) is 10.5 Å². The molecule has 0 aliphatic carbocycles. The molecule has 3 N–H and O–H groups in total. The summed E-state index contributed by atoms with van der Waals surface area (Å²) in [6.07, 6.45) is 1.61. The average Bonchev–Trinajstić information content (AvgIpc) is 2.62. The zero-order chi connectivity index (χ0) is 10.1. The van der Waals surface area contributed by atoms with Crippen molar-refractivity contribution in [2.75, 3.05) is 0 Å². The number of aromatic nitrogens is 2. The number of fused-ring (bicyclic) bond motifs is 1. The van der Waals surface area contributed by atoms with Crippen LogP contribution in [0.25, 0.3) is 5.65 Å². The van der Waals surface area contributed by atoms with E-state index < -0.39 is 5.91 Å². The number of nitrogens with two attached hydrogens (primary N) is 1. The molecule has 2 rings (SSSR count). The summed E-state index contributed by atoms with van der Waals surface area (Å²) < 4.78 is 2.59. The second-order valence-electron chi connectivity index (χ2n) is 2.68. The molecule has 0 unspecified atom stereocenters. The van der Waals surface area contributed by atoms with Gasteiger partial charge in [-0.05, 0) is 28.1 Å². The van der Waals surface area contributed by atoms with E-state index in [4.69, 9.17) is 5.84 Å². The van der Waals surface area contributed by atoms with Gasteiger partial charge in [0.1, 0.15) is 11.3 Å². The molecule has 0 aliphatic rings. The van der Waals surface area contributed by atoms with Gasteiger partial charge in [0.25, 0.3) is 5.91 Å². The number of amides is 1. The van der Waals surface area contributed by atoms with Gasteiger partial charge in [0.2, 0.25) is 0 Å². The normalized spacial score (nSPS) is 10.4. The lowest BCUT2D eigenvalue weighted by molar-refractivity contribution is 0.0949. The second kappa shape index (κ2) is 3.39. The van der Waals surface area contributed by atoms with Gasteiger partial charge in [0, 0.05) is 6.20 Å². The standard InChI is InChI=1S/C8H7BrN4O/c9-6-2-1-3-7-11-5(4-13(6)7)8(14)12-10/h1-4H,10H2,(H,12,14). The first-order valence-electron chi connectivity index (χ1n) is 3.87. The molecule has 2 aromatic heterocycles. The Hall–Kier alpha value is -1.40. The molecule has 0 bridgehead atoms. The predicted octanol–water partition coefficient (Wildman–Crippen LogP) is 0.700. The van der Waals surface area contributed by atoms with Gasteiger partial charge in [-0.2, -0.15) is 0 Å². The molecule has 5 nitrogen and oxygen atoms in total. The summed E-state index contributed by atoms with van der Waals surface area (Å²) in [6, 6.07) is 5.51. The van der Waals surface area contributed by atoms with E-state index in [1.165, 1.54) is 0 Å². The number of carbonyl (C=O) groups excluding carboxylic acids is 1. The third kappa shape index (κ3) is 1.38. The van der Waals surface area contributed by atoms with Crippen molar-refractivity contribution in [1.82, 2.24) is 14.8 Å². The lowest BCUT2D eigenvalue weighted by atomic mass is 10.5. The van der Waals surface area contributed by atoms with Crippen LogP contribution in [-0.4, -0.2) is 15.3 Å². The Bertz CT molecular complexity index is 493. The third-order valence-electron chi connectivity index (χ3n) is 1.81. The molecule has 0 saturated carbocycles. The minimum atomic E-state index is -0.402. The van der Waals surface area contributed by atoms with Crippen molar-refractivity contribution < 1.29 is 4.79 Å². The molecular formula is C8H7BrN4O. The summed E-state index contributed by atoms with van der Waals surface area (Å²) >= 11 is 3.34. The molecule has 72 valence electrons. The van der Waals surface area contributed by atoms with Crippen molar-refractivity contribution >= 4 is 27.5 Å². The summed E-state index contributed by atoms with van der Waals surface area (Å²) in [4.78, 5) is 15.3. The minimum Gasteiger partial charge on any atom is -0.293 e. The summed E-state index contributed by atoms with van der Waals surface area (Å²) in [5.74, 6) is 4.60. The van der Waals surface area contributed by atoms with Crippen LogP contribution in [0.2, 0.25) is 0 Å². The number of carbonyl (C=O) groups is 1. The van der Waals surface area contributed by atoms with E-state index in [1.807, 2.05) is 17.6 Å². The Morgan fingerprint density at radius 3 is 3.00 bits per heavy atom. The molecule has 0 atom stereocenters. The molecule has 0 aromatic carbocycles. The van der Waals surface area contributed by atoms with E-state index in [1.54, 1.807) is 16.7 Å². The van der Waals surface area contributed by atoms with Crippen LogP contribution >= 0.6 is 15.9 Å². The molecule has 0 aliphatic heterocycles. The van der Waals surface area contributed by atoms with Crippen LogP contribution in [0.15, 0.2) is 29.0 Å². The summed E-state index contributed by atoms with van der Waals surface area (Å²) in [5.41, 5.74) is 3.02. The number of pyridine rings is 1. The van der Waals surface area contributed by atoms with Gasteiger partial charge in [0.15, 0.2) is 0 Å². The van der Waals surface area contributed by atoms with Gasteiger partial charge in [-0.3, -0.25) is 14.6 Å². The quantitative estimate of drug-likeness (QED) is 0.341. The van der Waals surface area contributed by atoms with Crippen LogP contribution in [-0.2, 0) is 0 Å².